The van der Waals surface area contributed by atoms with Gasteiger partial charge in [-0.25, -0.2) is 0 Å². The van der Waals surface area contributed by atoms with E-state index in [2.05, 4.69) is 31.0 Å². The van der Waals surface area contributed by atoms with E-state index in [4.69, 9.17) is 0 Å². The van der Waals surface area contributed by atoms with E-state index in [9.17, 15) is 9.59 Å². The SMILES string of the molecule is CC(C)C(C)N(C)C(=O)C(NC(=O)C1CCCCN1C)C(C)(C)C. The lowest BCUT2D eigenvalue weighted by atomic mass is 9.85. The van der Waals surface area contributed by atoms with E-state index in [0.29, 0.717) is 5.92 Å². The molecular weight excluding hydrogens is 302 g/mol. The van der Waals surface area contributed by atoms with Crippen LogP contribution in [0.15, 0.2) is 0 Å². The van der Waals surface area contributed by atoms with Gasteiger partial charge in [-0.15, -0.1) is 0 Å². The van der Waals surface area contributed by atoms with Gasteiger partial charge in [0.2, 0.25) is 11.8 Å². The zero-order chi connectivity index (χ0) is 18.7. The molecule has 0 aromatic heterocycles. The van der Waals surface area contributed by atoms with E-state index < -0.39 is 6.04 Å². The second-order valence-electron chi connectivity index (χ2n) is 8.73. The number of likely N-dealkylation sites (tertiary alicyclic amines) is 1. The first kappa shape index (κ1) is 20.9. The fraction of sp³-hybridized carbons (Fsp3) is 0.895. The van der Waals surface area contributed by atoms with Crippen molar-refractivity contribution in [3.05, 3.63) is 0 Å². The van der Waals surface area contributed by atoms with Gasteiger partial charge in [-0.2, -0.15) is 0 Å². The van der Waals surface area contributed by atoms with E-state index in [1.165, 1.54) is 0 Å². The maximum Gasteiger partial charge on any atom is 0.245 e. The molecule has 0 aliphatic carbocycles. The number of nitrogens with one attached hydrogen (secondary N) is 1. The molecule has 1 N–H and O–H groups in total. The Kier molecular flexibility index (Phi) is 7.26. The average molecular weight is 340 g/mol. The van der Waals surface area contributed by atoms with Crippen LogP contribution >= 0.6 is 0 Å². The predicted molar refractivity (Wildman–Crippen MR) is 98.7 cm³/mol. The van der Waals surface area contributed by atoms with Crippen molar-refractivity contribution in [3.8, 4) is 0 Å². The number of hydrogen-bond acceptors (Lipinski definition) is 3. The molecule has 0 aromatic carbocycles. The maximum absolute atomic E-state index is 13.0. The van der Waals surface area contributed by atoms with Crippen LogP contribution in [0.4, 0.5) is 0 Å². The molecule has 2 amide bonds. The molecule has 1 rings (SSSR count). The van der Waals surface area contributed by atoms with Crippen molar-refractivity contribution < 1.29 is 9.59 Å². The van der Waals surface area contributed by atoms with Crippen molar-refractivity contribution in [3.63, 3.8) is 0 Å². The van der Waals surface area contributed by atoms with Crippen LogP contribution in [-0.4, -0.2) is 60.4 Å². The number of carbonyl (C=O) groups is 2. The fourth-order valence-corrected chi connectivity index (χ4v) is 3.15. The molecule has 0 radical (unpaired) electrons. The second-order valence-corrected chi connectivity index (χ2v) is 8.73. The van der Waals surface area contributed by atoms with Gasteiger partial charge in [-0.1, -0.05) is 41.0 Å². The molecule has 1 aliphatic heterocycles. The summed E-state index contributed by atoms with van der Waals surface area (Å²) in [5, 5.41) is 3.06. The lowest BCUT2D eigenvalue weighted by Crippen LogP contribution is -2.59. The van der Waals surface area contributed by atoms with Crippen molar-refractivity contribution in [1.29, 1.82) is 0 Å². The van der Waals surface area contributed by atoms with Crippen molar-refractivity contribution in [2.24, 2.45) is 11.3 Å². The summed E-state index contributed by atoms with van der Waals surface area (Å²) in [6.45, 7) is 13.2. The van der Waals surface area contributed by atoms with E-state index in [1.807, 2.05) is 34.9 Å². The standard InChI is InChI=1S/C19H37N3O2/c1-13(2)14(3)22(8)18(24)16(19(4,5)6)20-17(23)15-11-9-10-12-21(15)7/h13-16H,9-12H2,1-8H3,(H,20,23). The molecule has 0 bridgehead atoms. The van der Waals surface area contributed by atoms with Crippen molar-refractivity contribution >= 4 is 11.8 Å². The third-order valence-electron chi connectivity index (χ3n) is 5.40. The quantitative estimate of drug-likeness (QED) is 0.837. The van der Waals surface area contributed by atoms with Gasteiger partial charge < -0.3 is 10.2 Å². The topological polar surface area (TPSA) is 52.7 Å². The van der Waals surface area contributed by atoms with Gasteiger partial charge in [0.25, 0.3) is 0 Å². The van der Waals surface area contributed by atoms with Crippen LogP contribution < -0.4 is 5.32 Å². The molecule has 5 nitrogen and oxygen atoms in total. The largest absolute Gasteiger partial charge is 0.342 e. The summed E-state index contributed by atoms with van der Waals surface area (Å²) in [5.41, 5.74) is -0.328. The molecule has 140 valence electrons. The van der Waals surface area contributed by atoms with Crippen molar-refractivity contribution in [2.75, 3.05) is 20.6 Å². The third-order valence-corrected chi connectivity index (χ3v) is 5.40. The minimum absolute atomic E-state index is 0.00416. The highest BCUT2D eigenvalue weighted by atomic mass is 16.2. The van der Waals surface area contributed by atoms with Crippen LogP contribution in [-0.2, 0) is 9.59 Å². The molecule has 1 saturated heterocycles. The second kappa shape index (κ2) is 8.32. The summed E-state index contributed by atoms with van der Waals surface area (Å²) in [6.07, 6.45) is 3.07. The van der Waals surface area contributed by atoms with Gasteiger partial charge in [0.15, 0.2) is 0 Å². The minimum Gasteiger partial charge on any atom is -0.342 e. The first-order valence-electron chi connectivity index (χ1n) is 9.24. The van der Waals surface area contributed by atoms with Gasteiger partial charge in [-0.05, 0) is 44.7 Å². The lowest BCUT2D eigenvalue weighted by molar-refractivity contribution is -0.142. The smallest absolute Gasteiger partial charge is 0.245 e. The highest BCUT2D eigenvalue weighted by Gasteiger charge is 2.38. The maximum atomic E-state index is 13.0. The molecule has 1 fully saturated rings. The molecule has 0 spiro atoms. The number of nitrogens with zero attached hydrogens (tertiary/aromatic N) is 2. The fourth-order valence-electron chi connectivity index (χ4n) is 3.15. The number of likely N-dealkylation sites (N-methyl/N-ethyl adjacent to an activating group) is 2. The zero-order valence-electron chi connectivity index (χ0n) is 16.8. The monoisotopic (exact) mass is 339 g/mol. The minimum atomic E-state index is -0.508. The van der Waals surface area contributed by atoms with Crippen LogP contribution in [0, 0.1) is 11.3 Å². The Morgan fingerprint density at radius 3 is 2.21 bits per heavy atom. The van der Waals surface area contributed by atoms with E-state index >= 15 is 0 Å². The summed E-state index contributed by atoms with van der Waals surface area (Å²) < 4.78 is 0. The summed E-state index contributed by atoms with van der Waals surface area (Å²) in [5.74, 6) is 0.353. The molecule has 1 heterocycles. The number of piperidine rings is 1. The molecule has 0 saturated carbocycles. The number of carbonyl (C=O) groups excluding carboxylic acids is 2. The molecular formula is C19H37N3O2. The van der Waals surface area contributed by atoms with Gasteiger partial charge in [0, 0.05) is 13.1 Å². The molecule has 24 heavy (non-hydrogen) atoms. The Labute approximate surface area is 148 Å². The summed E-state index contributed by atoms with van der Waals surface area (Å²) in [4.78, 5) is 29.7. The Balaban J connectivity index is 2.90. The summed E-state index contributed by atoms with van der Waals surface area (Å²) in [7, 11) is 3.83. The molecule has 5 heteroatoms. The molecule has 1 aliphatic rings. The number of hydrogen-bond donors (Lipinski definition) is 1. The predicted octanol–water partition coefficient (Wildman–Crippen LogP) is 2.50. The highest BCUT2D eigenvalue weighted by molar-refractivity contribution is 5.90. The average Bonchev–Trinajstić information content (AvgIpc) is 2.49. The molecule has 3 atom stereocenters. The first-order valence-corrected chi connectivity index (χ1v) is 9.24. The van der Waals surface area contributed by atoms with Gasteiger partial charge in [-0.3, -0.25) is 14.5 Å². The van der Waals surface area contributed by atoms with E-state index in [0.717, 1.165) is 25.8 Å². The third kappa shape index (κ3) is 5.20. The van der Waals surface area contributed by atoms with Crippen molar-refractivity contribution in [2.45, 2.75) is 78.9 Å². The Morgan fingerprint density at radius 1 is 1.17 bits per heavy atom. The van der Waals surface area contributed by atoms with E-state index in [1.54, 1.807) is 4.90 Å². The van der Waals surface area contributed by atoms with Crippen LogP contribution in [0.25, 0.3) is 0 Å². The number of rotatable bonds is 5. The molecule has 3 unspecified atom stereocenters. The van der Waals surface area contributed by atoms with Gasteiger partial charge in [0.1, 0.15) is 6.04 Å². The lowest BCUT2D eigenvalue weighted by Gasteiger charge is -2.39. The Bertz CT molecular complexity index is 442. The van der Waals surface area contributed by atoms with Crippen LogP contribution in [0.5, 0.6) is 0 Å². The normalized spacial score (nSPS) is 22.1. The van der Waals surface area contributed by atoms with Crippen LogP contribution in [0.1, 0.15) is 60.8 Å². The van der Waals surface area contributed by atoms with Gasteiger partial charge >= 0.3 is 0 Å². The van der Waals surface area contributed by atoms with E-state index in [-0.39, 0.29) is 29.3 Å². The van der Waals surface area contributed by atoms with Crippen LogP contribution in [0.3, 0.4) is 0 Å². The Morgan fingerprint density at radius 2 is 1.75 bits per heavy atom. The highest BCUT2D eigenvalue weighted by Crippen LogP contribution is 2.24. The van der Waals surface area contributed by atoms with Crippen molar-refractivity contribution in [1.82, 2.24) is 15.1 Å². The summed E-state index contributed by atoms with van der Waals surface area (Å²) >= 11 is 0. The number of amides is 2. The Hall–Kier alpha value is -1.10. The zero-order valence-corrected chi connectivity index (χ0v) is 16.8. The van der Waals surface area contributed by atoms with Crippen LogP contribution in [0.2, 0.25) is 0 Å². The van der Waals surface area contributed by atoms with Gasteiger partial charge in [0.05, 0.1) is 6.04 Å². The summed E-state index contributed by atoms with van der Waals surface area (Å²) in [6, 6.07) is -0.493. The molecule has 0 aromatic rings. The first-order chi connectivity index (χ1) is 11.0.